The first-order valence-corrected chi connectivity index (χ1v) is 6.76. The number of halogens is 1. The molecular weight excluding hydrogens is 276 g/mol. The second kappa shape index (κ2) is 6.01. The van der Waals surface area contributed by atoms with Gasteiger partial charge >= 0.3 is 0 Å². The number of amides is 1. The Morgan fingerprint density at radius 1 is 1.30 bits per heavy atom. The number of para-hydroxylation sites is 1. The number of hydrogen-bond acceptors (Lipinski definition) is 3. The molecule has 0 radical (unpaired) electrons. The van der Waals surface area contributed by atoms with Crippen molar-refractivity contribution in [3.05, 3.63) is 52.9 Å². The fourth-order valence-electron chi connectivity index (χ4n) is 1.92. The van der Waals surface area contributed by atoms with Crippen molar-refractivity contribution in [2.45, 2.75) is 26.4 Å². The molecule has 0 fully saturated rings. The van der Waals surface area contributed by atoms with Crippen molar-refractivity contribution in [1.82, 2.24) is 4.90 Å². The molecule has 0 aliphatic carbocycles. The molecule has 1 heterocycles. The average molecular weight is 293 g/mol. The minimum atomic E-state index is -0.199. The topological polar surface area (TPSA) is 59.5 Å². The van der Waals surface area contributed by atoms with Crippen molar-refractivity contribution < 1.29 is 9.21 Å². The van der Waals surface area contributed by atoms with Crippen LogP contribution in [0.15, 0.2) is 40.8 Å². The molecule has 0 aliphatic rings. The van der Waals surface area contributed by atoms with Crippen molar-refractivity contribution in [1.29, 1.82) is 0 Å². The van der Waals surface area contributed by atoms with E-state index >= 15 is 0 Å². The lowest BCUT2D eigenvalue weighted by Gasteiger charge is -2.26. The molecule has 2 rings (SSSR count). The summed E-state index contributed by atoms with van der Waals surface area (Å²) in [6.07, 6.45) is 0. The van der Waals surface area contributed by atoms with Crippen molar-refractivity contribution in [3.63, 3.8) is 0 Å². The van der Waals surface area contributed by atoms with Crippen LogP contribution in [0, 0.1) is 0 Å². The Kier molecular flexibility index (Phi) is 4.35. The summed E-state index contributed by atoms with van der Waals surface area (Å²) in [5, 5.41) is 0.205. The fourth-order valence-corrected chi connectivity index (χ4v) is 2.07. The lowest BCUT2D eigenvalue weighted by atomic mass is 10.1. The molecule has 1 aromatic heterocycles. The first-order valence-electron chi connectivity index (χ1n) is 6.38. The highest BCUT2D eigenvalue weighted by molar-refractivity contribution is 6.29. The van der Waals surface area contributed by atoms with Crippen LogP contribution in [0.25, 0.3) is 0 Å². The molecule has 2 N–H and O–H groups in total. The van der Waals surface area contributed by atoms with Crippen molar-refractivity contribution >= 4 is 23.2 Å². The molecule has 20 heavy (non-hydrogen) atoms. The number of nitrogens with two attached hydrogens (primary N) is 1. The number of nitrogens with zero attached hydrogens (tertiary/aromatic N) is 1. The summed E-state index contributed by atoms with van der Waals surface area (Å²) < 4.78 is 5.19. The first-order chi connectivity index (χ1) is 9.49. The van der Waals surface area contributed by atoms with Crippen LogP contribution in [0.3, 0.4) is 0 Å². The van der Waals surface area contributed by atoms with E-state index in [1.807, 2.05) is 38.1 Å². The number of benzene rings is 1. The van der Waals surface area contributed by atoms with Crippen LogP contribution in [0.1, 0.15) is 30.0 Å². The Labute approximate surface area is 123 Å². The van der Waals surface area contributed by atoms with Crippen LogP contribution in [-0.2, 0) is 6.54 Å². The Bertz CT molecular complexity index is 607. The van der Waals surface area contributed by atoms with Crippen LogP contribution >= 0.6 is 11.6 Å². The molecule has 0 saturated carbocycles. The van der Waals surface area contributed by atoms with Crippen molar-refractivity contribution in [3.8, 4) is 0 Å². The van der Waals surface area contributed by atoms with Gasteiger partial charge in [0.1, 0.15) is 0 Å². The Hall–Kier alpha value is -1.94. The lowest BCUT2D eigenvalue weighted by Crippen LogP contribution is -2.36. The summed E-state index contributed by atoms with van der Waals surface area (Å²) in [6, 6.07) is 10.7. The second-order valence-corrected chi connectivity index (χ2v) is 5.20. The number of carbonyl (C=O) groups excluding carboxylic acids is 1. The van der Waals surface area contributed by atoms with E-state index in [0.717, 1.165) is 5.56 Å². The highest BCUT2D eigenvalue weighted by atomic mass is 35.5. The summed E-state index contributed by atoms with van der Waals surface area (Å²) in [6.45, 7) is 4.32. The molecule has 5 heteroatoms. The number of nitrogen functional groups attached to an aromatic ring is 1. The molecule has 0 aliphatic heterocycles. The van der Waals surface area contributed by atoms with E-state index in [-0.39, 0.29) is 22.9 Å². The third-order valence-corrected chi connectivity index (χ3v) is 3.27. The average Bonchev–Trinajstić information content (AvgIpc) is 2.83. The molecule has 0 saturated heterocycles. The van der Waals surface area contributed by atoms with Crippen LogP contribution in [0.2, 0.25) is 5.22 Å². The Balaban J connectivity index is 2.24. The van der Waals surface area contributed by atoms with Gasteiger partial charge in [0.2, 0.25) is 0 Å². The molecule has 0 unspecified atom stereocenters. The number of carbonyl (C=O) groups is 1. The van der Waals surface area contributed by atoms with Gasteiger partial charge in [-0.2, -0.15) is 0 Å². The van der Waals surface area contributed by atoms with Gasteiger partial charge in [0.15, 0.2) is 11.0 Å². The normalized spacial score (nSPS) is 10.8. The highest BCUT2D eigenvalue weighted by Crippen LogP contribution is 2.20. The summed E-state index contributed by atoms with van der Waals surface area (Å²) in [7, 11) is 0. The van der Waals surface area contributed by atoms with E-state index in [1.165, 1.54) is 0 Å². The minimum Gasteiger partial charge on any atom is -0.440 e. The quantitative estimate of drug-likeness (QED) is 0.877. The molecule has 0 spiro atoms. The van der Waals surface area contributed by atoms with Gasteiger partial charge in [0.25, 0.3) is 5.91 Å². The number of anilines is 1. The van der Waals surface area contributed by atoms with Crippen LogP contribution in [0.5, 0.6) is 0 Å². The largest absolute Gasteiger partial charge is 0.440 e. The maximum Gasteiger partial charge on any atom is 0.290 e. The molecule has 0 bridgehead atoms. The van der Waals surface area contributed by atoms with Gasteiger partial charge in [0, 0.05) is 18.3 Å². The predicted octanol–water partition coefficient (Wildman–Crippen LogP) is 3.57. The standard InChI is InChI=1S/C15H17ClN2O2/c1-10(2)18(9-11-5-3-4-6-12(11)17)15(19)13-7-8-14(16)20-13/h3-8,10H,9,17H2,1-2H3. The fraction of sp³-hybridized carbons (Fsp3) is 0.267. The SMILES string of the molecule is CC(C)N(Cc1ccccc1N)C(=O)c1ccc(Cl)o1. The zero-order valence-corrected chi connectivity index (χ0v) is 12.2. The van der Waals surface area contributed by atoms with E-state index in [9.17, 15) is 4.79 Å². The summed E-state index contributed by atoms with van der Waals surface area (Å²) in [4.78, 5) is 14.1. The van der Waals surface area contributed by atoms with E-state index in [2.05, 4.69) is 0 Å². The van der Waals surface area contributed by atoms with E-state index in [4.69, 9.17) is 21.8 Å². The molecule has 0 atom stereocenters. The van der Waals surface area contributed by atoms with E-state index in [0.29, 0.717) is 12.2 Å². The number of rotatable bonds is 4. The monoisotopic (exact) mass is 292 g/mol. The molecular formula is C15H17ClN2O2. The summed E-state index contributed by atoms with van der Waals surface area (Å²) >= 11 is 5.72. The minimum absolute atomic E-state index is 0.0194. The third-order valence-electron chi connectivity index (χ3n) is 3.06. The maximum atomic E-state index is 12.4. The second-order valence-electron chi connectivity index (χ2n) is 4.83. The third kappa shape index (κ3) is 3.14. The van der Waals surface area contributed by atoms with E-state index < -0.39 is 0 Å². The van der Waals surface area contributed by atoms with E-state index in [1.54, 1.807) is 17.0 Å². The van der Waals surface area contributed by atoms with Gasteiger partial charge in [-0.25, -0.2) is 0 Å². The Morgan fingerprint density at radius 3 is 2.55 bits per heavy atom. The van der Waals surface area contributed by atoms with Gasteiger partial charge in [0.05, 0.1) is 0 Å². The molecule has 2 aromatic rings. The van der Waals surface area contributed by atoms with Crippen LogP contribution in [-0.4, -0.2) is 16.8 Å². The number of furan rings is 1. The molecule has 1 aromatic carbocycles. The van der Waals surface area contributed by atoms with Gasteiger partial charge in [-0.15, -0.1) is 0 Å². The lowest BCUT2D eigenvalue weighted by molar-refractivity contribution is 0.0658. The molecule has 4 nitrogen and oxygen atoms in total. The Morgan fingerprint density at radius 2 is 2.00 bits per heavy atom. The summed E-state index contributed by atoms with van der Waals surface area (Å²) in [5.74, 6) is 0.0355. The molecule has 1 amide bonds. The van der Waals surface area contributed by atoms with Crippen molar-refractivity contribution in [2.75, 3.05) is 5.73 Å². The van der Waals surface area contributed by atoms with Gasteiger partial charge in [-0.1, -0.05) is 18.2 Å². The van der Waals surface area contributed by atoms with Crippen LogP contribution < -0.4 is 5.73 Å². The zero-order valence-electron chi connectivity index (χ0n) is 11.5. The van der Waals surface area contributed by atoms with Crippen LogP contribution in [0.4, 0.5) is 5.69 Å². The van der Waals surface area contributed by atoms with Crippen molar-refractivity contribution in [2.24, 2.45) is 0 Å². The zero-order chi connectivity index (χ0) is 14.7. The van der Waals surface area contributed by atoms with Gasteiger partial charge in [-0.05, 0) is 49.2 Å². The highest BCUT2D eigenvalue weighted by Gasteiger charge is 2.22. The first kappa shape index (κ1) is 14.5. The predicted molar refractivity (Wildman–Crippen MR) is 79.6 cm³/mol. The number of hydrogen-bond donors (Lipinski definition) is 1. The van der Waals surface area contributed by atoms with Gasteiger partial charge < -0.3 is 15.1 Å². The van der Waals surface area contributed by atoms with Gasteiger partial charge in [-0.3, -0.25) is 4.79 Å². The maximum absolute atomic E-state index is 12.4. The molecule has 106 valence electrons. The summed E-state index contributed by atoms with van der Waals surface area (Å²) in [5.41, 5.74) is 7.51. The smallest absolute Gasteiger partial charge is 0.290 e.